The van der Waals surface area contributed by atoms with Gasteiger partial charge in [-0.2, -0.15) is 15.4 Å². The first kappa shape index (κ1) is 15.0. The Kier molecular flexibility index (Phi) is 5.05. The second-order valence-electron chi connectivity index (χ2n) is 3.54. The van der Waals surface area contributed by atoms with E-state index in [1.165, 1.54) is 31.2 Å². The van der Waals surface area contributed by atoms with E-state index in [0.717, 1.165) is 11.2 Å². The third kappa shape index (κ3) is 3.71. The fourth-order valence-corrected chi connectivity index (χ4v) is 1.31. The van der Waals surface area contributed by atoms with Crippen LogP contribution in [-0.2, 0) is 4.79 Å². The lowest BCUT2D eigenvalue weighted by molar-refractivity contribution is -0.121. The highest BCUT2D eigenvalue weighted by Gasteiger charge is 2.16. The fourth-order valence-electron chi connectivity index (χ4n) is 1.31. The summed E-state index contributed by atoms with van der Waals surface area (Å²) in [6, 6.07) is 5.56. The molecule has 20 heavy (non-hydrogen) atoms. The molecular weight excluding hydrogens is 264 g/mol. The van der Waals surface area contributed by atoms with Crippen LogP contribution in [0.2, 0.25) is 0 Å². The van der Waals surface area contributed by atoms with Crippen LogP contribution in [0.5, 0.6) is 5.75 Å². The zero-order chi connectivity index (χ0) is 15.1. The van der Waals surface area contributed by atoms with Gasteiger partial charge in [0, 0.05) is 6.54 Å². The predicted octanol–water partition coefficient (Wildman–Crippen LogP) is 1.19. The van der Waals surface area contributed by atoms with Crippen molar-refractivity contribution in [3.05, 3.63) is 24.3 Å². The fraction of sp³-hybridized carbons (Fsp3) is 0.167. The van der Waals surface area contributed by atoms with Crippen molar-refractivity contribution in [2.75, 3.05) is 11.6 Å². The molecule has 8 heteroatoms. The highest BCUT2D eigenvalue weighted by molar-refractivity contribution is 6.29. The normalized spacial score (nSPS) is 10.0. The molecule has 104 valence electrons. The van der Waals surface area contributed by atoms with Crippen LogP contribution in [0.15, 0.2) is 29.4 Å². The summed E-state index contributed by atoms with van der Waals surface area (Å²) in [4.78, 5) is 22.8. The summed E-state index contributed by atoms with van der Waals surface area (Å²) in [6.45, 7) is 1.48. The first-order valence-electron chi connectivity index (χ1n) is 5.57. The van der Waals surface area contributed by atoms with Gasteiger partial charge in [-0.3, -0.25) is 4.79 Å². The molecule has 1 aromatic rings. The van der Waals surface area contributed by atoms with Gasteiger partial charge in [-0.05, 0) is 31.2 Å². The van der Waals surface area contributed by atoms with Gasteiger partial charge in [0.1, 0.15) is 12.0 Å². The van der Waals surface area contributed by atoms with Crippen LogP contribution in [0, 0.1) is 11.5 Å². The van der Waals surface area contributed by atoms with E-state index < -0.39 is 12.0 Å². The maximum Gasteiger partial charge on any atom is 0.414 e. The predicted molar refractivity (Wildman–Crippen MR) is 70.1 cm³/mol. The Labute approximate surface area is 114 Å². The number of phenolic OH excluding ortho intramolecular Hbond substituents is 1. The van der Waals surface area contributed by atoms with Crippen molar-refractivity contribution in [1.29, 1.82) is 5.26 Å². The highest BCUT2D eigenvalue weighted by Crippen LogP contribution is 2.17. The summed E-state index contributed by atoms with van der Waals surface area (Å²) in [5.41, 5.74) is 0.327. The zero-order valence-electron chi connectivity index (χ0n) is 10.6. The van der Waals surface area contributed by atoms with Crippen LogP contribution in [0.3, 0.4) is 0 Å². The Morgan fingerprint density at radius 2 is 2.00 bits per heavy atom. The van der Waals surface area contributed by atoms with Crippen molar-refractivity contribution in [2.24, 2.45) is 5.10 Å². The maximum absolute atomic E-state index is 11.5. The van der Waals surface area contributed by atoms with Crippen molar-refractivity contribution >= 4 is 23.9 Å². The summed E-state index contributed by atoms with van der Waals surface area (Å²) in [7, 11) is 0. The van der Waals surface area contributed by atoms with Gasteiger partial charge in [-0.15, -0.1) is 0 Å². The summed E-state index contributed by atoms with van der Waals surface area (Å²) in [5.74, 6) is -0.825. The molecule has 0 aliphatic heterocycles. The molecule has 0 heterocycles. The van der Waals surface area contributed by atoms with Gasteiger partial charge in [-0.1, -0.05) is 0 Å². The maximum atomic E-state index is 11.5. The van der Waals surface area contributed by atoms with Gasteiger partial charge in [0.05, 0.1) is 5.69 Å². The number of aromatic hydroxyl groups is 1. The molecule has 0 fully saturated rings. The molecule has 0 saturated heterocycles. The number of rotatable bonds is 4. The van der Waals surface area contributed by atoms with E-state index in [1.807, 2.05) is 0 Å². The number of carbonyl (C=O) groups is 2. The molecule has 0 spiro atoms. The number of hydrogen-bond donors (Lipinski definition) is 2. The smallest absolute Gasteiger partial charge is 0.414 e. The van der Waals surface area contributed by atoms with Gasteiger partial charge < -0.3 is 10.2 Å². The molecule has 0 bridgehead atoms. The minimum atomic E-state index is -1.39. The summed E-state index contributed by atoms with van der Waals surface area (Å²) in [6.07, 6.45) is 1.07. The lowest BCUT2D eigenvalue weighted by Gasteiger charge is -2.12. The number of carboxylic acid groups (broad SMARTS) is 1. The third-order valence-electron chi connectivity index (χ3n) is 2.29. The molecule has 0 aromatic heterocycles. The van der Waals surface area contributed by atoms with E-state index in [-0.39, 0.29) is 12.3 Å². The molecule has 0 saturated carbocycles. The number of hydrogen-bond acceptors (Lipinski definition) is 6. The average molecular weight is 276 g/mol. The van der Waals surface area contributed by atoms with Crippen molar-refractivity contribution < 1.29 is 19.8 Å². The summed E-state index contributed by atoms with van der Waals surface area (Å²) >= 11 is 0. The molecule has 0 radical (unpaired) electrons. The van der Waals surface area contributed by atoms with Gasteiger partial charge in [0.2, 0.25) is 6.19 Å². The summed E-state index contributed by atoms with van der Waals surface area (Å²) < 4.78 is 0. The van der Waals surface area contributed by atoms with Crippen molar-refractivity contribution in [1.82, 2.24) is 4.90 Å². The molecule has 0 unspecified atom stereocenters. The topological polar surface area (TPSA) is 117 Å². The minimum absolute atomic E-state index is 0.0219. The number of phenols is 1. The van der Waals surface area contributed by atoms with Crippen LogP contribution in [0.4, 0.5) is 10.5 Å². The van der Waals surface area contributed by atoms with Crippen molar-refractivity contribution in [2.45, 2.75) is 6.92 Å². The van der Waals surface area contributed by atoms with Gasteiger partial charge in [-0.25, -0.2) is 9.69 Å². The molecule has 2 N–H and O–H groups in total. The number of imide groups is 1. The number of nitrogens with zero attached hydrogens (tertiary/aromatic N) is 4. The second-order valence-corrected chi connectivity index (χ2v) is 3.54. The van der Waals surface area contributed by atoms with Crippen LogP contribution in [-0.4, -0.2) is 39.9 Å². The second kappa shape index (κ2) is 6.75. The van der Waals surface area contributed by atoms with E-state index >= 15 is 0 Å². The summed E-state index contributed by atoms with van der Waals surface area (Å²) in [5, 5.41) is 31.2. The van der Waals surface area contributed by atoms with Crippen LogP contribution < -0.4 is 5.01 Å². The van der Waals surface area contributed by atoms with E-state index in [0.29, 0.717) is 10.6 Å². The number of hydrazone groups is 1. The lowest BCUT2D eigenvalue weighted by Crippen LogP contribution is -2.36. The van der Waals surface area contributed by atoms with E-state index in [1.54, 1.807) is 6.19 Å². The Hall–Kier alpha value is -3.08. The number of amides is 2. The van der Waals surface area contributed by atoms with Crippen LogP contribution >= 0.6 is 0 Å². The average Bonchev–Trinajstić information content (AvgIpc) is 2.41. The molecule has 0 aliphatic rings. The van der Waals surface area contributed by atoms with E-state index in [9.17, 15) is 9.59 Å². The van der Waals surface area contributed by atoms with Crippen LogP contribution in [0.1, 0.15) is 6.92 Å². The Balaban J connectivity index is 2.86. The van der Waals surface area contributed by atoms with E-state index in [4.69, 9.17) is 15.5 Å². The van der Waals surface area contributed by atoms with Crippen molar-refractivity contribution in [3.8, 4) is 11.9 Å². The molecule has 0 aliphatic carbocycles. The van der Waals surface area contributed by atoms with Crippen molar-refractivity contribution in [3.63, 3.8) is 0 Å². The first-order valence-corrected chi connectivity index (χ1v) is 5.57. The molecule has 1 aromatic carbocycles. The quantitative estimate of drug-likeness (QED) is 0.369. The Morgan fingerprint density at radius 3 is 2.45 bits per heavy atom. The molecule has 0 atom stereocenters. The standard InChI is InChI=1S/C12H12N4O4/c1-2-15(12(19)20)11(18)7-14-16(8-13)9-3-5-10(17)6-4-9/h3-7,17H,2H2,1H3,(H,19,20)/b14-7-. The number of anilines is 1. The SMILES string of the molecule is CCN(C(=O)O)C(=O)/C=N\N(C#N)c1ccc(O)cc1. The molecule has 1 rings (SSSR count). The monoisotopic (exact) mass is 276 g/mol. The molecule has 2 amide bonds. The zero-order valence-corrected chi connectivity index (χ0v) is 10.6. The van der Waals surface area contributed by atoms with Crippen LogP contribution in [0.25, 0.3) is 0 Å². The van der Waals surface area contributed by atoms with Gasteiger partial charge in [0.25, 0.3) is 5.91 Å². The molecule has 8 nitrogen and oxygen atoms in total. The van der Waals surface area contributed by atoms with Gasteiger partial charge in [0.15, 0.2) is 0 Å². The first-order chi connectivity index (χ1) is 9.49. The number of nitriles is 1. The Morgan fingerprint density at radius 1 is 1.40 bits per heavy atom. The van der Waals surface area contributed by atoms with E-state index in [2.05, 4.69) is 5.10 Å². The number of carbonyl (C=O) groups excluding carboxylic acids is 1. The largest absolute Gasteiger partial charge is 0.508 e. The lowest BCUT2D eigenvalue weighted by atomic mass is 10.3. The Bertz CT molecular complexity index is 562. The number of benzene rings is 1. The van der Waals surface area contributed by atoms with Gasteiger partial charge >= 0.3 is 6.09 Å². The highest BCUT2D eigenvalue weighted by atomic mass is 16.4. The molecular formula is C12H12N4O4. The minimum Gasteiger partial charge on any atom is -0.508 e. The third-order valence-corrected chi connectivity index (χ3v) is 2.29.